The summed E-state index contributed by atoms with van der Waals surface area (Å²) in [6.07, 6.45) is 1.88. The van der Waals surface area contributed by atoms with Crippen LogP contribution in [0.2, 0.25) is 10.0 Å². The summed E-state index contributed by atoms with van der Waals surface area (Å²) in [6, 6.07) is 5.60. The molecule has 0 radical (unpaired) electrons. The average Bonchev–Trinajstić information content (AvgIpc) is 2.17. The maximum Gasteiger partial charge on any atom is 0.0452 e. The first-order chi connectivity index (χ1) is 7.06. The maximum absolute atomic E-state index is 6.11. The third kappa shape index (κ3) is 3.55. The van der Waals surface area contributed by atoms with E-state index in [-0.39, 0.29) is 5.38 Å². The average molecular weight is 266 g/mol. The van der Waals surface area contributed by atoms with Gasteiger partial charge < -0.3 is 0 Å². The Morgan fingerprint density at radius 2 is 1.73 bits per heavy atom. The van der Waals surface area contributed by atoms with Crippen LogP contribution >= 0.6 is 34.8 Å². The molecule has 3 heteroatoms. The Hall–Kier alpha value is 0.0900. The largest absolute Gasteiger partial charge is 0.123 e. The van der Waals surface area contributed by atoms with Gasteiger partial charge in [-0.3, -0.25) is 0 Å². The first-order valence-corrected chi connectivity index (χ1v) is 6.32. The zero-order valence-electron chi connectivity index (χ0n) is 8.93. The summed E-state index contributed by atoms with van der Waals surface area (Å²) in [5.41, 5.74) is 1.01. The molecule has 84 valence electrons. The van der Waals surface area contributed by atoms with Crippen molar-refractivity contribution in [2.75, 3.05) is 0 Å². The predicted octanol–water partition coefficient (Wildman–Crippen LogP) is 5.19. The number of benzene rings is 1. The standard InChI is InChI=1S/C12H15Cl3/c1-3-9(8(2)13)7-10-11(14)5-4-6-12(10)15/h4-6,8-9H,3,7H2,1-2H3. The summed E-state index contributed by atoms with van der Waals surface area (Å²) in [7, 11) is 0. The van der Waals surface area contributed by atoms with Crippen LogP contribution < -0.4 is 0 Å². The molecule has 0 fully saturated rings. The third-order valence-electron chi connectivity index (χ3n) is 2.70. The minimum atomic E-state index is 0.141. The van der Waals surface area contributed by atoms with Gasteiger partial charge in [0.15, 0.2) is 0 Å². The number of alkyl halides is 1. The van der Waals surface area contributed by atoms with Gasteiger partial charge in [0.1, 0.15) is 0 Å². The predicted molar refractivity (Wildman–Crippen MR) is 69.3 cm³/mol. The quantitative estimate of drug-likeness (QED) is 0.657. The molecule has 1 aromatic rings. The molecule has 0 nitrogen and oxygen atoms in total. The van der Waals surface area contributed by atoms with Gasteiger partial charge >= 0.3 is 0 Å². The first-order valence-electron chi connectivity index (χ1n) is 5.13. The van der Waals surface area contributed by atoms with E-state index in [1.165, 1.54) is 0 Å². The Kier molecular flexibility index (Phi) is 5.25. The highest BCUT2D eigenvalue weighted by molar-refractivity contribution is 6.36. The molecule has 15 heavy (non-hydrogen) atoms. The van der Waals surface area contributed by atoms with E-state index in [0.717, 1.165) is 28.5 Å². The molecule has 0 saturated heterocycles. The van der Waals surface area contributed by atoms with Crippen molar-refractivity contribution in [1.29, 1.82) is 0 Å². The molecule has 0 aliphatic heterocycles. The fourth-order valence-corrected chi connectivity index (χ4v) is 2.44. The van der Waals surface area contributed by atoms with Crippen LogP contribution in [0, 0.1) is 5.92 Å². The molecule has 0 aromatic heterocycles. The highest BCUT2D eigenvalue weighted by Crippen LogP contribution is 2.29. The topological polar surface area (TPSA) is 0 Å². The van der Waals surface area contributed by atoms with Crippen molar-refractivity contribution in [3.8, 4) is 0 Å². The lowest BCUT2D eigenvalue weighted by molar-refractivity contribution is 0.497. The lowest BCUT2D eigenvalue weighted by atomic mass is 9.94. The van der Waals surface area contributed by atoms with Gasteiger partial charge in [0.05, 0.1) is 0 Å². The van der Waals surface area contributed by atoms with Crippen LogP contribution in [0.4, 0.5) is 0 Å². The zero-order chi connectivity index (χ0) is 11.4. The van der Waals surface area contributed by atoms with Crippen LogP contribution in [0.1, 0.15) is 25.8 Å². The van der Waals surface area contributed by atoms with Gasteiger partial charge in [-0.25, -0.2) is 0 Å². The van der Waals surface area contributed by atoms with Crippen molar-refractivity contribution in [3.63, 3.8) is 0 Å². The van der Waals surface area contributed by atoms with Crippen molar-refractivity contribution in [2.45, 2.75) is 32.1 Å². The molecule has 2 atom stereocenters. The second-order valence-corrected chi connectivity index (χ2v) is 5.25. The third-order valence-corrected chi connectivity index (χ3v) is 3.77. The van der Waals surface area contributed by atoms with E-state index in [9.17, 15) is 0 Å². The van der Waals surface area contributed by atoms with Gasteiger partial charge in [0, 0.05) is 15.4 Å². The summed E-state index contributed by atoms with van der Waals surface area (Å²) in [5.74, 6) is 0.420. The first kappa shape index (κ1) is 13.2. The Balaban J connectivity index is 2.87. The molecule has 0 aliphatic rings. The summed E-state index contributed by atoms with van der Waals surface area (Å²) < 4.78 is 0. The SMILES string of the molecule is CCC(Cc1c(Cl)cccc1Cl)C(C)Cl. The minimum absolute atomic E-state index is 0.141. The Bertz CT molecular complexity index is 300. The zero-order valence-corrected chi connectivity index (χ0v) is 11.2. The molecule has 1 rings (SSSR count). The van der Waals surface area contributed by atoms with Crippen molar-refractivity contribution in [2.24, 2.45) is 5.92 Å². The normalized spacial score (nSPS) is 15.0. The monoisotopic (exact) mass is 264 g/mol. The van der Waals surface area contributed by atoms with E-state index in [1.807, 2.05) is 25.1 Å². The Labute approximate surface area is 107 Å². The van der Waals surface area contributed by atoms with Crippen LogP contribution in [-0.4, -0.2) is 5.38 Å². The highest BCUT2D eigenvalue weighted by atomic mass is 35.5. The second-order valence-electron chi connectivity index (χ2n) is 3.75. The fraction of sp³-hybridized carbons (Fsp3) is 0.500. The van der Waals surface area contributed by atoms with Gasteiger partial charge in [-0.1, -0.05) is 42.6 Å². The molecular weight excluding hydrogens is 250 g/mol. The Morgan fingerprint density at radius 1 is 1.20 bits per heavy atom. The summed E-state index contributed by atoms with van der Waals surface area (Å²) in [5, 5.41) is 1.61. The van der Waals surface area contributed by atoms with Gasteiger partial charge in [-0.2, -0.15) is 0 Å². The fourth-order valence-electron chi connectivity index (χ4n) is 1.62. The molecule has 2 unspecified atom stereocenters. The molecule has 0 amide bonds. The van der Waals surface area contributed by atoms with Crippen LogP contribution in [0.15, 0.2) is 18.2 Å². The highest BCUT2D eigenvalue weighted by Gasteiger charge is 2.16. The molecule has 0 spiro atoms. The summed E-state index contributed by atoms with van der Waals surface area (Å²) >= 11 is 18.3. The number of halogens is 3. The van der Waals surface area contributed by atoms with Crippen LogP contribution in [0.25, 0.3) is 0 Å². The van der Waals surface area contributed by atoms with Crippen LogP contribution in [0.3, 0.4) is 0 Å². The molecule has 0 heterocycles. The van der Waals surface area contributed by atoms with Crippen molar-refractivity contribution < 1.29 is 0 Å². The molecule has 1 aromatic carbocycles. The number of rotatable bonds is 4. The Morgan fingerprint density at radius 3 is 2.13 bits per heavy atom. The molecular formula is C12H15Cl3. The smallest absolute Gasteiger partial charge is 0.0452 e. The molecule has 0 bridgehead atoms. The van der Waals surface area contributed by atoms with E-state index in [1.54, 1.807) is 0 Å². The lowest BCUT2D eigenvalue weighted by Crippen LogP contribution is -2.13. The van der Waals surface area contributed by atoms with Gasteiger partial charge in [-0.15, -0.1) is 11.6 Å². The van der Waals surface area contributed by atoms with Crippen molar-refractivity contribution >= 4 is 34.8 Å². The maximum atomic E-state index is 6.11. The number of hydrogen-bond acceptors (Lipinski definition) is 0. The summed E-state index contributed by atoms with van der Waals surface area (Å²) in [6.45, 7) is 4.15. The van der Waals surface area contributed by atoms with E-state index in [4.69, 9.17) is 34.8 Å². The van der Waals surface area contributed by atoms with Gasteiger partial charge in [0.2, 0.25) is 0 Å². The molecule has 0 N–H and O–H groups in total. The number of hydrogen-bond donors (Lipinski definition) is 0. The van der Waals surface area contributed by atoms with Gasteiger partial charge in [-0.05, 0) is 37.0 Å². The van der Waals surface area contributed by atoms with E-state index in [2.05, 4.69) is 6.92 Å². The minimum Gasteiger partial charge on any atom is -0.123 e. The van der Waals surface area contributed by atoms with E-state index < -0.39 is 0 Å². The van der Waals surface area contributed by atoms with Crippen molar-refractivity contribution in [1.82, 2.24) is 0 Å². The van der Waals surface area contributed by atoms with E-state index >= 15 is 0 Å². The summed E-state index contributed by atoms with van der Waals surface area (Å²) in [4.78, 5) is 0. The lowest BCUT2D eigenvalue weighted by Gasteiger charge is -2.18. The van der Waals surface area contributed by atoms with Crippen LogP contribution in [-0.2, 0) is 6.42 Å². The van der Waals surface area contributed by atoms with Crippen LogP contribution in [0.5, 0.6) is 0 Å². The molecule has 0 saturated carbocycles. The van der Waals surface area contributed by atoms with Gasteiger partial charge in [0.25, 0.3) is 0 Å². The van der Waals surface area contributed by atoms with E-state index in [0.29, 0.717) is 5.92 Å². The second kappa shape index (κ2) is 5.98. The molecule has 0 aliphatic carbocycles. The van der Waals surface area contributed by atoms with Crippen molar-refractivity contribution in [3.05, 3.63) is 33.8 Å².